The average molecular weight is 348 g/mol. The minimum absolute atomic E-state index is 0.207. The number of benzene rings is 1. The molecule has 0 unspecified atom stereocenters. The summed E-state index contributed by atoms with van der Waals surface area (Å²) in [6.45, 7) is 0. The van der Waals surface area contributed by atoms with Crippen molar-refractivity contribution in [3.8, 4) is 17.1 Å². The first-order valence-electron chi connectivity index (χ1n) is 7.03. The molecule has 2 N–H and O–H groups in total. The molecule has 0 aliphatic rings. The third-order valence-corrected chi connectivity index (χ3v) is 3.86. The number of nitrogens with one attached hydrogen (secondary N) is 2. The number of pyridine rings is 1. The molecule has 2 aromatic heterocycles. The molecule has 0 aliphatic heterocycles. The van der Waals surface area contributed by atoms with Crippen LogP contribution in [0.1, 0.15) is 0 Å². The molecule has 0 saturated heterocycles. The second-order valence-corrected chi connectivity index (χ2v) is 7.09. The van der Waals surface area contributed by atoms with E-state index in [-0.39, 0.29) is 11.3 Å². The normalized spacial score (nSPS) is 11.6. The summed E-state index contributed by atoms with van der Waals surface area (Å²) in [6, 6.07) is 6.57. The lowest BCUT2D eigenvalue weighted by atomic mass is 10.1. The fourth-order valence-electron chi connectivity index (χ4n) is 2.39. The topological polar surface area (TPSA) is 108 Å². The van der Waals surface area contributed by atoms with Crippen LogP contribution in [0.25, 0.3) is 22.4 Å². The molecular weight excluding hydrogens is 332 g/mol. The van der Waals surface area contributed by atoms with E-state index >= 15 is 0 Å². The van der Waals surface area contributed by atoms with E-state index in [1.807, 2.05) is 19.0 Å². The van der Waals surface area contributed by atoms with Crippen LogP contribution < -0.4 is 14.6 Å². The molecule has 0 amide bonds. The van der Waals surface area contributed by atoms with E-state index in [9.17, 15) is 13.2 Å². The predicted octanol–water partition coefficient (Wildman–Crippen LogP) is 1.32. The summed E-state index contributed by atoms with van der Waals surface area (Å²) in [6.07, 6.45) is 2.53. The molecule has 3 aromatic rings. The minimum Gasteiger partial charge on any atom is -0.383 e. The summed E-state index contributed by atoms with van der Waals surface area (Å²) < 4.78 is 27.5. The van der Waals surface area contributed by atoms with Crippen LogP contribution in [0, 0.1) is 0 Å². The number of aromatic nitrogens is 3. The van der Waals surface area contributed by atoms with Crippen molar-refractivity contribution in [3.05, 3.63) is 40.8 Å². The molecular formula is C15H16N4O4S. The Morgan fingerprint density at radius 1 is 1.21 bits per heavy atom. The van der Waals surface area contributed by atoms with E-state index in [4.69, 9.17) is 4.18 Å². The predicted molar refractivity (Wildman–Crippen MR) is 91.9 cm³/mol. The van der Waals surface area contributed by atoms with Crippen molar-refractivity contribution in [3.63, 3.8) is 0 Å². The highest BCUT2D eigenvalue weighted by Gasteiger charge is 2.15. The number of hydrogen-bond acceptors (Lipinski definition) is 6. The number of nitrogens with zero attached hydrogens (tertiary/aromatic N) is 2. The van der Waals surface area contributed by atoms with Crippen LogP contribution in [0.15, 0.2) is 35.3 Å². The molecule has 24 heavy (non-hydrogen) atoms. The van der Waals surface area contributed by atoms with Crippen molar-refractivity contribution < 1.29 is 12.6 Å². The van der Waals surface area contributed by atoms with Crippen LogP contribution in [0.2, 0.25) is 0 Å². The lowest BCUT2D eigenvalue weighted by Crippen LogP contribution is -2.12. The van der Waals surface area contributed by atoms with Crippen molar-refractivity contribution in [2.75, 3.05) is 25.3 Å². The molecule has 8 nitrogen and oxygen atoms in total. The van der Waals surface area contributed by atoms with Gasteiger partial charge in [-0.15, -0.1) is 0 Å². The summed E-state index contributed by atoms with van der Waals surface area (Å²) in [7, 11) is 0.0253. The van der Waals surface area contributed by atoms with E-state index in [0.29, 0.717) is 22.5 Å². The molecule has 2 heterocycles. The number of fused-ring (bicyclic) bond motifs is 1. The largest absolute Gasteiger partial charge is 0.383 e. The molecule has 0 saturated carbocycles. The summed E-state index contributed by atoms with van der Waals surface area (Å²) >= 11 is 0. The van der Waals surface area contributed by atoms with Crippen LogP contribution in [-0.4, -0.2) is 43.7 Å². The van der Waals surface area contributed by atoms with Gasteiger partial charge in [-0.3, -0.25) is 4.79 Å². The average Bonchev–Trinajstić information content (AvgIpc) is 2.90. The Bertz CT molecular complexity index is 1070. The Hall–Kier alpha value is -2.81. The number of H-pyrrole nitrogens is 2. The van der Waals surface area contributed by atoms with Gasteiger partial charge in [0, 0.05) is 31.9 Å². The third-order valence-electron chi connectivity index (χ3n) is 3.37. The minimum atomic E-state index is -3.61. The Labute approximate surface area is 138 Å². The fraction of sp³-hybridized carbons (Fsp3) is 0.200. The maximum absolute atomic E-state index is 11.8. The zero-order chi connectivity index (χ0) is 17.5. The summed E-state index contributed by atoms with van der Waals surface area (Å²) in [5, 5.41) is 0. The second-order valence-electron chi connectivity index (χ2n) is 5.52. The van der Waals surface area contributed by atoms with Crippen molar-refractivity contribution in [1.29, 1.82) is 0 Å². The van der Waals surface area contributed by atoms with Gasteiger partial charge in [0.25, 0.3) is 5.56 Å². The van der Waals surface area contributed by atoms with Crippen LogP contribution in [0.3, 0.4) is 0 Å². The van der Waals surface area contributed by atoms with Crippen LogP contribution >= 0.6 is 0 Å². The Balaban J connectivity index is 2.15. The van der Waals surface area contributed by atoms with E-state index in [1.54, 1.807) is 30.5 Å². The van der Waals surface area contributed by atoms with E-state index in [2.05, 4.69) is 15.0 Å². The Kier molecular flexibility index (Phi) is 3.80. The van der Waals surface area contributed by atoms with Gasteiger partial charge < -0.3 is 19.1 Å². The number of imidazole rings is 1. The SMILES string of the molecule is CN(C)c1cc(OS(C)(=O)=O)ccc1-c1nc2c(=O)[nH]ccc2[nH]1. The quantitative estimate of drug-likeness (QED) is 0.689. The fourth-order valence-corrected chi connectivity index (χ4v) is 2.84. The highest BCUT2D eigenvalue weighted by molar-refractivity contribution is 7.86. The van der Waals surface area contributed by atoms with Gasteiger partial charge in [-0.05, 0) is 18.2 Å². The molecule has 0 bridgehead atoms. The lowest BCUT2D eigenvalue weighted by Gasteiger charge is -2.17. The summed E-state index contributed by atoms with van der Waals surface area (Å²) in [4.78, 5) is 23.6. The number of hydrogen-bond donors (Lipinski definition) is 2. The summed E-state index contributed by atoms with van der Waals surface area (Å²) in [5.74, 6) is 0.718. The third kappa shape index (κ3) is 3.11. The molecule has 0 radical (unpaired) electrons. The molecule has 3 rings (SSSR count). The van der Waals surface area contributed by atoms with Gasteiger partial charge in [0.2, 0.25) is 0 Å². The molecule has 0 aliphatic carbocycles. The smallest absolute Gasteiger partial charge is 0.306 e. The Morgan fingerprint density at radius 3 is 2.58 bits per heavy atom. The monoisotopic (exact) mass is 348 g/mol. The number of anilines is 1. The van der Waals surface area contributed by atoms with E-state index in [1.165, 1.54) is 0 Å². The summed E-state index contributed by atoms with van der Waals surface area (Å²) in [5.41, 5.74) is 2.07. The first-order chi connectivity index (χ1) is 11.2. The van der Waals surface area contributed by atoms with Crippen molar-refractivity contribution >= 4 is 26.8 Å². The maximum Gasteiger partial charge on any atom is 0.306 e. The maximum atomic E-state index is 11.8. The van der Waals surface area contributed by atoms with Crippen molar-refractivity contribution in [1.82, 2.24) is 15.0 Å². The molecule has 0 fully saturated rings. The van der Waals surface area contributed by atoms with Gasteiger partial charge in [-0.2, -0.15) is 8.42 Å². The molecule has 0 spiro atoms. The van der Waals surface area contributed by atoms with Crippen LogP contribution in [0.4, 0.5) is 5.69 Å². The van der Waals surface area contributed by atoms with Gasteiger partial charge in [0.05, 0.1) is 17.5 Å². The van der Waals surface area contributed by atoms with Crippen LogP contribution in [-0.2, 0) is 10.1 Å². The van der Waals surface area contributed by atoms with E-state index in [0.717, 1.165) is 11.8 Å². The molecule has 126 valence electrons. The first-order valence-corrected chi connectivity index (χ1v) is 8.85. The number of aromatic amines is 2. The standard InChI is InChI=1S/C15H16N4O4S/c1-19(2)12-8-9(23-24(3,21)22)4-5-10(12)14-17-11-6-7-16-15(20)13(11)18-14/h4-8H,1-3H3,(H,16,20)(H,17,18). The Morgan fingerprint density at radius 2 is 1.96 bits per heavy atom. The zero-order valence-corrected chi connectivity index (χ0v) is 14.1. The first kappa shape index (κ1) is 16.1. The van der Waals surface area contributed by atoms with Crippen LogP contribution in [0.5, 0.6) is 5.75 Å². The highest BCUT2D eigenvalue weighted by Crippen LogP contribution is 2.32. The lowest BCUT2D eigenvalue weighted by molar-refractivity contribution is 0.493. The van der Waals surface area contributed by atoms with Crippen molar-refractivity contribution in [2.24, 2.45) is 0 Å². The van der Waals surface area contributed by atoms with Gasteiger partial charge in [-0.1, -0.05) is 0 Å². The zero-order valence-electron chi connectivity index (χ0n) is 13.3. The molecule has 1 aromatic carbocycles. The van der Waals surface area contributed by atoms with Crippen molar-refractivity contribution in [2.45, 2.75) is 0 Å². The van der Waals surface area contributed by atoms with Gasteiger partial charge in [0.1, 0.15) is 11.6 Å². The second kappa shape index (κ2) is 5.68. The van der Waals surface area contributed by atoms with Gasteiger partial charge in [-0.25, -0.2) is 4.98 Å². The van der Waals surface area contributed by atoms with Gasteiger partial charge in [0.15, 0.2) is 5.52 Å². The molecule has 9 heteroatoms. The van der Waals surface area contributed by atoms with Gasteiger partial charge >= 0.3 is 10.1 Å². The number of rotatable bonds is 4. The molecule has 0 atom stereocenters. The highest BCUT2D eigenvalue weighted by atomic mass is 32.2. The van der Waals surface area contributed by atoms with E-state index < -0.39 is 10.1 Å².